The molecule has 25 heavy (non-hydrogen) atoms. The average Bonchev–Trinajstić information content (AvgIpc) is 3.32. The third-order valence-corrected chi connectivity index (χ3v) is 5.23. The van der Waals surface area contributed by atoms with Gasteiger partial charge in [0.25, 0.3) is 0 Å². The molecule has 132 valence electrons. The number of rotatable bonds is 7. The molecule has 0 saturated heterocycles. The Hall–Kier alpha value is -2.38. The predicted octanol–water partition coefficient (Wildman–Crippen LogP) is 3.74. The van der Waals surface area contributed by atoms with E-state index in [-0.39, 0.29) is 6.04 Å². The summed E-state index contributed by atoms with van der Waals surface area (Å²) in [6.07, 6.45) is 3.71. The van der Waals surface area contributed by atoms with Gasteiger partial charge in [0, 0.05) is 35.3 Å². The van der Waals surface area contributed by atoms with Gasteiger partial charge in [-0.3, -0.25) is 10.00 Å². The number of hydrogen-bond acceptors (Lipinski definition) is 6. The highest BCUT2D eigenvalue weighted by molar-refractivity contribution is 7.09. The van der Waals surface area contributed by atoms with E-state index in [0.29, 0.717) is 0 Å². The highest BCUT2D eigenvalue weighted by atomic mass is 32.1. The van der Waals surface area contributed by atoms with E-state index in [1.807, 2.05) is 36.0 Å². The fourth-order valence-electron chi connectivity index (χ4n) is 2.70. The van der Waals surface area contributed by atoms with E-state index in [0.717, 1.165) is 39.9 Å². The number of aromatic amines is 1. The molecule has 2 aromatic heterocycles. The van der Waals surface area contributed by atoms with Crippen molar-refractivity contribution < 1.29 is 9.47 Å². The van der Waals surface area contributed by atoms with Crippen molar-refractivity contribution in [3.05, 3.63) is 46.5 Å². The highest BCUT2D eigenvalue weighted by Gasteiger charge is 2.19. The Morgan fingerprint density at radius 1 is 1.28 bits per heavy atom. The summed E-state index contributed by atoms with van der Waals surface area (Å²) in [6.45, 7) is 2.91. The number of nitrogens with zero attached hydrogens (tertiary/aromatic N) is 3. The molecule has 0 aliphatic carbocycles. The quantitative estimate of drug-likeness (QED) is 0.697. The molecule has 0 radical (unpaired) electrons. The van der Waals surface area contributed by atoms with Crippen molar-refractivity contribution in [3.8, 4) is 22.8 Å². The van der Waals surface area contributed by atoms with Crippen molar-refractivity contribution in [1.29, 1.82) is 0 Å². The number of nitrogens with one attached hydrogen (secondary N) is 1. The fourth-order valence-corrected chi connectivity index (χ4v) is 3.46. The lowest BCUT2D eigenvalue weighted by atomic mass is 10.1. The summed E-state index contributed by atoms with van der Waals surface area (Å²) in [7, 11) is 5.39. The van der Waals surface area contributed by atoms with E-state index < -0.39 is 0 Å². The maximum absolute atomic E-state index is 5.53. The maximum Gasteiger partial charge on any atom is 0.131 e. The molecule has 0 fully saturated rings. The molecule has 1 unspecified atom stereocenters. The predicted molar refractivity (Wildman–Crippen MR) is 99.1 cm³/mol. The van der Waals surface area contributed by atoms with Gasteiger partial charge >= 0.3 is 0 Å². The standard InChI is InChI=1S/C18H22N4O2S/c1-12(18-19-7-8-25-18)22(2)11-13-10-20-21-17(13)15-6-5-14(23-3)9-16(15)24-4/h5-10,12H,11H2,1-4H3,(H,20,21). The summed E-state index contributed by atoms with van der Waals surface area (Å²) in [5.74, 6) is 1.51. The molecule has 1 aromatic carbocycles. The van der Waals surface area contributed by atoms with Crippen LogP contribution in [0.2, 0.25) is 0 Å². The minimum atomic E-state index is 0.237. The van der Waals surface area contributed by atoms with Crippen LogP contribution in [-0.2, 0) is 6.54 Å². The number of aromatic nitrogens is 3. The van der Waals surface area contributed by atoms with Gasteiger partial charge in [0.1, 0.15) is 16.5 Å². The molecular weight excluding hydrogens is 336 g/mol. The molecule has 0 amide bonds. The van der Waals surface area contributed by atoms with Crippen LogP contribution in [-0.4, -0.2) is 41.3 Å². The molecule has 0 spiro atoms. The second-order valence-electron chi connectivity index (χ2n) is 5.80. The molecule has 0 saturated carbocycles. The summed E-state index contributed by atoms with van der Waals surface area (Å²) in [5, 5.41) is 10.5. The van der Waals surface area contributed by atoms with Gasteiger partial charge in [-0.05, 0) is 26.1 Å². The van der Waals surface area contributed by atoms with Gasteiger partial charge in [-0.2, -0.15) is 5.10 Å². The number of benzene rings is 1. The van der Waals surface area contributed by atoms with Crippen molar-refractivity contribution in [2.24, 2.45) is 0 Å². The highest BCUT2D eigenvalue weighted by Crippen LogP contribution is 2.34. The third kappa shape index (κ3) is 3.67. The first-order valence-corrected chi connectivity index (χ1v) is 8.86. The van der Waals surface area contributed by atoms with Crippen molar-refractivity contribution in [1.82, 2.24) is 20.1 Å². The monoisotopic (exact) mass is 358 g/mol. The number of hydrogen-bond donors (Lipinski definition) is 1. The van der Waals surface area contributed by atoms with E-state index in [1.165, 1.54) is 0 Å². The molecular formula is C18H22N4O2S. The van der Waals surface area contributed by atoms with Crippen molar-refractivity contribution in [3.63, 3.8) is 0 Å². The summed E-state index contributed by atoms with van der Waals surface area (Å²) >= 11 is 1.67. The molecule has 0 aliphatic heterocycles. The zero-order valence-electron chi connectivity index (χ0n) is 14.8. The molecule has 1 atom stereocenters. The lowest BCUT2D eigenvalue weighted by Crippen LogP contribution is -2.21. The average molecular weight is 358 g/mol. The van der Waals surface area contributed by atoms with Gasteiger partial charge in [0.05, 0.1) is 32.2 Å². The Labute approximate surface area is 151 Å². The van der Waals surface area contributed by atoms with Crippen LogP contribution in [0.15, 0.2) is 36.0 Å². The van der Waals surface area contributed by atoms with Gasteiger partial charge in [0.15, 0.2) is 0 Å². The van der Waals surface area contributed by atoms with Crippen LogP contribution in [0.3, 0.4) is 0 Å². The SMILES string of the molecule is COc1ccc(-c2[nH]ncc2CN(C)C(C)c2nccs2)c(OC)c1. The van der Waals surface area contributed by atoms with Crippen LogP contribution in [0.4, 0.5) is 0 Å². The Kier molecular flexibility index (Phi) is 5.35. The van der Waals surface area contributed by atoms with Crippen LogP contribution >= 0.6 is 11.3 Å². The van der Waals surface area contributed by atoms with Gasteiger partial charge < -0.3 is 9.47 Å². The summed E-state index contributed by atoms with van der Waals surface area (Å²) in [5.41, 5.74) is 3.03. The Balaban J connectivity index is 1.86. The first kappa shape index (κ1) is 17.4. The minimum Gasteiger partial charge on any atom is -0.497 e. The van der Waals surface area contributed by atoms with Crippen molar-refractivity contribution in [2.75, 3.05) is 21.3 Å². The summed E-state index contributed by atoms with van der Waals surface area (Å²) in [6, 6.07) is 6.02. The van der Waals surface area contributed by atoms with E-state index in [9.17, 15) is 0 Å². The molecule has 0 aliphatic rings. The van der Waals surface area contributed by atoms with E-state index in [4.69, 9.17) is 9.47 Å². The van der Waals surface area contributed by atoms with Crippen LogP contribution in [0.25, 0.3) is 11.3 Å². The minimum absolute atomic E-state index is 0.237. The van der Waals surface area contributed by atoms with Crippen molar-refractivity contribution >= 4 is 11.3 Å². The van der Waals surface area contributed by atoms with Crippen LogP contribution < -0.4 is 9.47 Å². The Morgan fingerprint density at radius 3 is 2.80 bits per heavy atom. The van der Waals surface area contributed by atoms with Gasteiger partial charge in [0.2, 0.25) is 0 Å². The molecule has 6 nitrogen and oxygen atoms in total. The van der Waals surface area contributed by atoms with Gasteiger partial charge in [-0.15, -0.1) is 11.3 Å². The first-order valence-electron chi connectivity index (χ1n) is 7.98. The zero-order chi connectivity index (χ0) is 17.8. The van der Waals surface area contributed by atoms with E-state index in [2.05, 4.69) is 34.1 Å². The summed E-state index contributed by atoms with van der Waals surface area (Å²) in [4.78, 5) is 6.67. The van der Waals surface area contributed by atoms with Crippen LogP contribution in [0.5, 0.6) is 11.5 Å². The largest absolute Gasteiger partial charge is 0.497 e. The number of H-pyrrole nitrogens is 1. The maximum atomic E-state index is 5.53. The fraction of sp³-hybridized carbons (Fsp3) is 0.333. The lowest BCUT2D eigenvalue weighted by molar-refractivity contribution is 0.253. The van der Waals surface area contributed by atoms with Crippen molar-refractivity contribution in [2.45, 2.75) is 19.5 Å². The van der Waals surface area contributed by atoms with Crippen LogP contribution in [0.1, 0.15) is 23.5 Å². The second kappa shape index (κ2) is 7.67. The normalized spacial score (nSPS) is 12.4. The smallest absolute Gasteiger partial charge is 0.131 e. The van der Waals surface area contributed by atoms with Gasteiger partial charge in [-0.25, -0.2) is 4.98 Å². The number of methoxy groups -OCH3 is 2. The second-order valence-corrected chi connectivity index (χ2v) is 6.72. The lowest BCUT2D eigenvalue weighted by Gasteiger charge is -2.23. The topological polar surface area (TPSA) is 63.3 Å². The molecule has 7 heteroatoms. The Bertz CT molecular complexity index is 816. The molecule has 2 heterocycles. The Morgan fingerprint density at radius 2 is 2.12 bits per heavy atom. The number of thiazole rings is 1. The number of ether oxygens (including phenoxy) is 2. The molecule has 1 N–H and O–H groups in total. The zero-order valence-corrected chi connectivity index (χ0v) is 15.6. The molecule has 0 bridgehead atoms. The molecule has 3 rings (SSSR count). The van der Waals surface area contributed by atoms with Crippen LogP contribution in [0, 0.1) is 0 Å². The van der Waals surface area contributed by atoms with E-state index in [1.54, 1.807) is 25.6 Å². The van der Waals surface area contributed by atoms with E-state index >= 15 is 0 Å². The molecule has 3 aromatic rings. The summed E-state index contributed by atoms with van der Waals surface area (Å²) < 4.78 is 10.8. The first-order chi connectivity index (χ1) is 12.1. The van der Waals surface area contributed by atoms with Gasteiger partial charge in [-0.1, -0.05) is 0 Å². The third-order valence-electron chi connectivity index (χ3n) is 4.29.